The van der Waals surface area contributed by atoms with Crippen LogP contribution in [0, 0.1) is 31.1 Å². The molecule has 1 aromatic heterocycles. The van der Waals surface area contributed by atoms with Crippen molar-refractivity contribution >= 4 is 18.3 Å². The minimum Gasteiger partial charge on any atom is -0.356 e. The molecule has 3 N–H and O–H groups in total. The lowest BCUT2D eigenvalue weighted by Gasteiger charge is -2.22. The van der Waals surface area contributed by atoms with Gasteiger partial charge in [0.2, 0.25) is 5.91 Å². The van der Waals surface area contributed by atoms with E-state index >= 15 is 0 Å². The van der Waals surface area contributed by atoms with E-state index in [-0.39, 0.29) is 29.4 Å². The molecule has 0 saturated carbocycles. The van der Waals surface area contributed by atoms with Crippen LogP contribution in [0.4, 0.5) is 0 Å². The zero-order valence-corrected chi connectivity index (χ0v) is 15.7. The first kappa shape index (κ1) is 21.2. The molecule has 0 bridgehead atoms. The molecule has 1 saturated heterocycles. The zero-order chi connectivity index (χ0) is 17.5. The van der Waals surface area contributed by atoms with E-state index in [9.17, 15) is 9.59 Å². The number of carbonyl (C=O) groups excluding carboxylic acids is 1. The number of piperidine rings is 1. The third-order valence-electron chi connectivity index (χ3n) is 4.80. The lowest BCUT2D eigenvalue weighted by Crippen LogP contribution is -2.33. The first-order chi connectivity index (χ1) is 11.5. The molecular formula is C18H27ClN4O2. The summed E-state index contributed by atoms with van der Waals surface area (Å²) in [7, 11) is 0. The van der Waals surface area contributed by atoms with Gasteiger partial charge in [-0.15, -0.1) is 12.4 Å². The van der Waals surface area contributed by atoms with Crippen LogP contribution in [0.2, 0.25) is 0 Å². The largest absolute Gasteiger partial charge is 0.356 e. The highest BCUT2D eigenvalue weighted by atomic mass is 35.5. The maximum atomic E-state index is 12.0. The smallest absolute Gasteiger partial charge is 0.266 e. The number of hydrogen-bond donors (Lipinski definition) is 3. The van der Waals surface area contributed by atoms with Crippen LogP contribution in [0.1, 0.15) is 48.1 Å². The molecule has 2 heterocycles. The number of nitriles is 1. The average Bonchev–Trinajstić information content (AvgIpc) is 2.55. The molecule has 0 spiro atoms. The summed E-state index contributed by atoms with van der Waals surface area (Å²) >= 11 is 0. The van der Waals surface area contributed by atoms with Crippen LogP contribution in [-0.4, -0.2) is 30.5 Å². The Morgan fingerprint density at radius 3 is 2.80 bits per heavy atom. The van der Waals surface area contributed by atoms with Crippen molar-refractivity contribution in [2.75, 3.05) is 19.6 Å². The molecule has 138 valence electrons. The number of halogens is 1. The molecular weight excluding hydrogens is 340 g/mol. The van der Waals surface area contributed by atoms with E-state index in [0.717, 1.165) is 30.8 Å². The highest BCUT2D eigenvalue weighted by Gasteiger charge is 2.15. The van der Waals surface area contributed by atoms with Crippen molar-refractivity contribution in [3.63, 3.8) is 0 Å². The fourth-order valence-corrected chi connectivity index (χ4v) is 3.33. The molecule has 6 nitrogen and oxygen atoms in total. The summed E-state index contributed by atoms with van der Waals surface area (Å²) in [6.07, 6.45) is 4.34. The summed E-state index contributed by atoms with van der Waals surface area (Å²) < 4.78 is 0. The van der Waals surface area contributed by atoms with Crippen molar-refractivity contribution in [1.29, 1.82) is 5.26 Å². The number of H-pyrrole nitrogens is 1. The van der Waals surface area contributed by atoms with Gasteiger partial charge >= 0.3 is 0 Å². The first-order valence-electron chi connectivity index (χ1n) is 8.62. The van der Waals surface area contributed by atoms with E-state index in [2.05, 4.69) is 15.6 Å². The van der Waals surface area contributed by atoms with Crippen LogP contribution < -0.4 is 16.2 Å². The maximum Gasteiger partial charge on any atom is 0.266 e. The number of pyridine rings is 1. The molecule has 1 aliphatic heterocycles. The summed E-state index contributed by atoms with van der Waals surface area (Å²) in [5.41, 5.74) is 2.08. The van der Waals surface area contributed by atoms with Crippen molar-refractivity contribution in [1.82, 2.24) is 15.6 Å². The molecule has 0 radical (unpaired) electrons. The predicted molar refractivity (Wildman–Crippen MR) is 100 cm³/mol. The third kappa shape index (κ3) is 5.87. The zero-order valence-electron chi connectivity index (χ0n) is 14.9. The van der Waals surface area contributed by atoms with E-state index in [1.54, 1.807) is 13.8 Å². The maximum absolute atomic E-state index is 12.0. The van der Waals surface area contributed by atoms with Gasteiger partial charge in [0.05, 0.1) is 0 Å². The normalized spacial score (nSPS) is 16.6. The molecule has 1 aromatic rings. The molecule has 0 aromatic carbocycles. The number of nitrogens with one attached hydrogen (secondary N) is 3. The number of rotatable bonds is 6. The SMILES string of the molecule is Cc1[nH]c(=O)c(C#N)c(C)c1CCC(=O)NCCC1CCCNC1.Cl. The molecule has 0 aliphatic carbocycles. The van der Waals surface area contributed by atoms with E-state index < -0.39 is 0 Å². The number of nitrogens with zero attached hydrogens (tertiary/aromatic N) is 1. The fourth-order valence-electron chi connectivity index (χ4n) is 3.33. The van der Waals surface area contributed by atoms with Gasteiger partial charge in [0.25, 0.3) is 5.56 Å². The van der Waals surface area contributed by atoms with Crippen LogP contribution >= 0.6 is 12.4 Å². The molecule has 25 heavy (non-hydrogen) atoms. The second kappa shape index (κ2) is 10.2. The summed E-state index contributed by atoms with van der Waals surface area (Å²) in [6.45, 7) is 6.43. The van der Waals surface area contributed by atoms with E-state index in [0.29, 0.717) is 30.9 Å². The number of amides is 1. The molecule has 1 unspecified atom stereocenters. The van der Waals surface area contributed by atoms with Gasteiger partial charge in [-0.2, -0.15) is 5.26 Å². The molecule has 1 amide bonds. The Bertz CT molecular complexity index is 688. The minimum absolute atomic E-state index is 0. The lowest BCUT2D eigenvalue weighted by molar-refractivity contribution is -0.121. The average molecular weight is 367 g/mol. The van der Waals surface area contributed by atoms with Crippen molar-refractivity contribution < 1.29 is 4.79 Å². The van der Waals surface area contributed by atoms with Crippen LogP contribution in [0.25, 0.3) is 0 Å². The Balaban J connectivity index is 0.00000312. The van der Waals surface area contributed by atoms with E-state index in [4.69, 9.17) is 5.26 Å². The lowest BCUT2D eigenvalue weighted by atomic mass is 9.96. The van der Waals surface area contributed by atoms with Gasteiger partial charge in [-0.25, -0.2) is 0 Å². The Hall–Kier alpha value is -1.84. The quantitative estimate of drug-likeness (QED) is 0.714. The topological polar surface area (TPSA) is 97.8 Å². The van der Waals surface area contributed by atoms with Gasteiger partial charge in [0, 0.05) is 18.7 Å². The van der Waals surface area contributed by atoms with Gasteiger partial charge in [-0.3, -0.25) is 9.59 Å². The molecule has 7 heteroatoms. The number of aromatic nitrogens is 1. The van der Waals surface area contributed by atoms with Crippen LogP contribution in [0.15, 0.2) is 4.79 Å². The molecule has 1 atom stereocenters. The highest BCUT2D eigenvalue weighted by Crippen LogP contribution is 2.15. The van der Waals surface area contributed by atoms with Crippen LogP contribution in [0.5, 0.6) is 0 Å². The van der Waals surface area contributed by atoms with Crippen molar-refractivity contribution in [3.8, 4) is 6.07 Å². The van der Waals surface area contributed by atoms with Gasteiger partial charge in [0.1, 0.15) is 11.6 Å². The predicted octanol–water partition coefficient (Wildman–Crippen LogP) is 1.72. The number of carbonyl (C=O) groups is 1. The molecule has 2 rings (SSSR count). The number of aryl methyl sites for hydroxylation is 1. The van der Waals surface area contributed by atoms with E-state index in [1.165, 1.54) is 12.8 Å². The van der Waals surface area contributed by atoms with Gasteiger partial charge < -0.3 is 15.6 Å². The van der Waals surface area contributed by atoms with Crippen molar-refractivity contribution in [2.45, 2.75) is 46.0 Å². The Morgan fingerprint density at radius 1 is 1.40 bits per heavy atom. The third-order valence-corrected chi connectivity index (χ3v) is 4.80. The standard InChI is InChI=1S/C18H26N4O2.ClH/c1-12-15(13(2)22-18(24)16(12)10-19)5-6-17(23)21-9-7-14-4-3-8-20-11-14;/h14,20H,3-9,11H2,1-2H3,(H,21,23)(H,22,24);1H. The fraction of sp³-hybridized carbons (Fsp3) is 0.611. The summed E-state index contributed by atoms with van der Waals surface area (Å²) in [6, 6.07) is 1.94. The second-order valence-electron chi connectivity index (χ2n) is 6.52. The molecule has 1 aliphatic rings. The van der Waals surface area contributed by atoms with Gasteiger partial charge in [-0.05, 0) is 69.7 Å². The number of hydrogen-bond acceptors (Lipinski definition) is 4. The number of aromatic amines is 1. The summed E-state index contributed by atoms with van der Waals surface area (Å²) in [4.78, 5) is 26.4. The van der Waals surface area contributed by atoms with Crippen molar-refractivity contribution in [3.05, 3.63) is 32.7 Å². The first-order valence-corrected chi connectivity index (χ1v) is 8.62. The minimum atomic E-state index is -0.359. The Labute approximate surface area is 154 Å². The monoisotopic (exact) mass is 366 g/mol. The van der Waals surface area contributed by atoms with Gasteiger partial charge in [-0.1, -0.05) is 0 Å². The summed E-state index contributed by atoms with van der Waals surface area (Å²) in [5, 5.41) is 15.4. The van der Waals surface area contributed by atoms with Crippen LogP contribution in [-0.2, 0) is 11.2 Å². The second-order valence-corrected chi connectivity index (χ2v) is 6.52. The highest BCUT2D eigenvalue weighted by molar-refractivity contribution is 5.85. The Kier molecular flexibility index (Phi) is 8.67. The van der Waals surface area contributed by atoms with Gasteiger partial charge in [0.15, 0.2) is 0 Å². The Morgan fingerprint density at radius 2 is 2.16 bits per heavy atom. The summed E-state index contributed by atoms with van der Waals surface area (Å²) in [5.74, 6) is 0.670. The van der Waals surface area contributed by atoms with E-state index in [1.807, 2.05) is 6.07 Å². The molecule has 1 fully saturated rings. The van der Waals surface area contributed by atoms with Crippen LogP contribution in [0.3, 0.4) is 0 Å². The van der Waals surface area contributed by atoms with Crippen molar-refractivity contribution in [2.24, 2.45) is 5.92 Å².